The van der Waals surface area contributed by atoms with E-state index in [0.717, 1.165) is 24.0 Å². The lowest BCUT2D eigenvalue weighted by Gasteiger charge is -2.20. The zero-order valence-electron chi connectivity index (χ0n) is 15.7. The van der Waals surface area contributed by atoms with E-state index in [0.29, 0.717) is 28.7 Å². The van der Waals surface area contributed by atoms with Crippen molar-refractivity contribution >= 4 is 11.8 Å². The monoisotopic (exact) mass is 380 g/mol. The van der Waals surface area contributed by atoms with Gasteiger partial charge in [0.1, 0.15) is 11.9 Å². The fourth-order valence-corrected chi connectivity index (χ4v) is 4.38. The molecule has 2 amide bonds. The van der Waals surface area contributed by atoms with Gasteiger partial charge in [-0.1, -0.05) is 30.3 Å². The number of benzene rings is 2. The van der Waals surface area contributed by atoms with Crippen molar-refractivity contribution in [1.29, 1.82) is 0 Å². The molecule has 1 fully saturated rings. The molecule has 2 unspecified atom stereocenters. The predicted molar refractivity (Wildman–Crippen MR) is 104 cm³/mol. The summed E-state index contributed by atoms with van der Waals surface area (Å²) in [4.78, 5) is 24.4. The van der Waals surface area contributed by atoms with Gasteiger partial charge in [0.05, 0.1) is 5.56 Å². The van der Waals surface area contributed by atoms with Crippen LogP contribution in [0.25, 0.3) is 0 Å². The van der Waals surface area contributed by atoms with Crippen LogP contribution in [0.5, 0.6) is 5.75 Å². The van der Waals surface area contributed by atoms with Gasteiger partial charge in [-0.15, -0.1) is 0 Å². The molecule has 0 spiro atoms. The number of carbonyl (C=O) groups excluding carboxylic acids is 2. The summed E-state index contributed by atoms with van der Waals surface area (Å²) in [6.45, 7) is 0.159. The summed E-state index contributed by atoms with van der Waals surface area (Å²) in [6, 6.07) is 13.2. The van der Waals surface area contributed by atoms with Crippen molar-refractivity contribution in [3.05, 3.63) is 64.7 Å². The summed E-state index contributed by atoms with van der Waals surface area (Å²) in [7, 11) is 1.55. The van der Waals surface area contributed by atoms with E-state index >= 15 is 0 Å². The van der Waals surface area contributed by atoms with Gasteiger partial charge in [-0.3, -0.25) is 9.59 Å². The summed E-state index contributed by atoms with van der Waals surface area (Å²) in [5.74, 6) is 0.265. The van der Waals surface area contributed by atoms with E-state index in [1.54, 1.807) is 13.1 Å². The number of hydrogen-bond acceptors (Lipinski definition) is 4. The Kier molecular flexibility index (Phi) is 4.81. The molecule has 4 rings (SSSR count). The van der Waals surface area contributed by atoms with E-state index in [2.05, 4.69) is 5.32 Å². The van der Waals surface area contributed by atoms with Crippen molar-refractivity contribution in [2.45, 2.75) is 24.9 Å². The predicted octanol–water partition coefficient (Wildman–Crippen LogP) is 2.06. The quantitative estimate of drug-likeness (QED) is 0.714. The third kappa shape index (κ3) is 3.14. The van der Waals surface area contributed by atoms with Gasteiger partial charge in [0.15, 0.2) is 0 Å². The van der Waals surface area contributed by atoms with Gasteiger partial charge >= 0.3 is 0 Å². The van der Waals surface area contributed by atoms with E-state index in [1.165, 1.54) is 6.07 Å². The molecule has 1 aliphatic carbocycles. The number of carbonyl (C=O) groups is 2. The van der Waals surface area contributed by atoms with Crippen molar-refractivity contribution < 1.29 is 19.4 Å². The van der Waals surface area contributed by atoms with Crippen LogP contribution >= 0.6 is 0 Å². The molecule has 0 aromatic heterocycles. The highest BCUT2D eigenvalue weighted by Gasteiger charge is 2.51. The number of aliphatic hydroxyl groups excluding tert-OH is 1. The molecule has 2 aliphatic rings. The molecule has 0 bridgehead atoms. The first kappa shape index (κ1) is 18.5. The normalized spacial score (nSPS) is 24.9. The number of fused-ring (bicyclic) bond motifs is 1. The Labute approximate surface area is 163 Å². The second-order valence-electron chi connectivity index (χ2n) is 7.53. The maximum Gasteiger partial charge on any atom is 0.254 e. The van der Waals surface area contributed by atoms with E-state index < -0.39 is 5.91 Å². The maximum atomic E-state index is 12.5. The zero-order chi connectivity index (χ0) is 19.8. The van der Waals surface area contributed by atoms with Crippen molar-refractivity contribution in [2.24, 2.45) is 17.6 Å². The Bertz CT molecular complexity index is 912. The van der Waals surface area contributed by atoms with Crippen molar-refractivity contribution in [1.82, 2.24) is 5.32 Å². The lowest BCUT2D eigenvalue weighted by Crippen LogP contribution is -2.24. The van der Waals surface area contributed by atoms with Gasteiger partial charge in [0, 0.05) is 30.7 Å². The highest BCUT2D eigenvalue weighted by Crippen LogP contribution is 2.55. The summed E-state index contributed by atoms with van der Waals surface area (Å²) in [5.41, 5.74) is 8.05. The van der Waals surface area contributed by atoms with E-state index in [1.807, 2.05) is 30.3 Å². The molecule has 146 valence electrons. The van der Waals surface area contributed by atoms with Crippen LogP contribution in [0.4, 0.5) is 0 Å². The molecule has 2 aromatic rings. The molecule has 0 radical (unpaired) electrons. The van der Waals surface area contributed by atoms with Gasteiger partial charge in [-0.2, -0.15) is 0 Å². The van der Waals surface area contributed by atoms with Gasteiger partial charge in [0.25, 0.3) is 5.91 Å². The minimum Gasteiger partial charge on any atom is -0.488 e. The molecule has 6 nitrogen and oxygen atoms in total. The first-order valence-corrected chi connectivity index (χ1v) is 9.57. The molecule has 1 saturated carbocycles. The van der Waals surface area contributed by atoms with Crippen molar-refractivity contribution in [3.63, 3.8) is 0 Å². The number of nitrogens with two attached hydrogens (primary N) is 1. The third-order valence-electron chi connectivity index (χ3n) is 5.85. The molecule has 4 N–H and O–H groups in total. The summed E-state index contributed by atoms with van der Waals surface area (Å²) in [5, 5.41) is 11.9. The van der Waals surface area contributed by atoms with Gasteiger partial charge in [-0.05, 0) is 42.4 Å². The molecule has 28 heavy (non-hydrogen) atoms. The number of ether oxygens (including phenoxy) is 1. The Morgan fingerprint density at radius 1 is 1.25 bits per heavy atom. The second kappa shape index (κ2) is 7.28. The zero-order valence-corrected chi connectivity index (χ0v) is 15.7. The largest absolute Gasteiger partial charge is 0.488 e. The van der Waals surface area contributed by atoms with Crippen LogP contribution in [0.3, 0.4) is 0 Å². The van der Waals surface area contributed by atoms with E-state index in [-0.39, 0.29) is 24.5 Å². The van der Waals surface area contributed by atoms with Crippen molar-refractivity contribution in [2.75, 3.05) is 13.7 Å². The average Bonchev–Trinajstić information content (AvgIpc) is 3.36. The average molecular weight is 380 g/mol. The molecule has 2 aromatic carbocycles. The van der Waals surface area contributed by atoms with Crippen LogP contribution in [-0.4, -0.2) is 36.7 Å². The SMILES string of the molecule is CNC(=O)c1cc(C(N)=O)cc2c1OC([C@@H]1C[C@H]1CCO)C2c1ccccc1. The maximum absolute atomic E-state index is 12.5. The van der Waals surface area contributed by atoms with Crippen LogP contribution in [0.15, 0.2) is 42.5 Å². The van der Waals surface area contributed by atoms with Gasteiger partial charge in [-0.25, -0.2) is 0 Å². The lowest BCUT2D eigenvalue weighted by molar-refractivity contribution is 0.0956. The number of nitrogens with one attached hydrogen (secondary N) is 1. The Hall–Kier alpha value is -2.86. The summed E-state index contributed by atoms with van der Waals surface area (Å²) < 4.78 is 6.37. The van der Waals surface area contributed by atoms with E-state index in [4.69, 9.17) is 10.5 Å². The number of hydrogen-bond donors (Lipinski definition) is 3. The van der Waals surface area contributed by atoms with Crippen LogP contribution in [-0.2, 0) is 0 Å². The number of rotatable bonds is 6. The third-order valence-corrected chi connectivity index (χ3v) is 5.85. The standard InChI is InChI=1S/C22H24N2O4/c1-24-22(27)17-11-14(21(23)26)10-16-18(12-5-3-2-4-6-12)20(28-19(16)17)15-9-13(15)7-8-25/h2-6,10-11,13,15,18,20,25H,7-9H2,1H3,(H2,23,26)(H,24,27)/t13-,15-,18?,20?/m1/s1. The van der Waals surface area contributed by atoms with Gasteiger partial charge in [0.2, 0.25) is 5.91 Å². The lowest BCUT2D eigenvalue weighted by atomic mass is 9.84. The number of amides is 2. The van der Waals surface area contributed by atoms with Crippen LogP contribution < -0.4 is 15.8 Å². The van der Waals surface area contributed by atoms with Gasteiger partial charge < -0.3 is 20.9 Å². The second-order valence-corrected chi connectivity index (χ2v) is 7.53. The Balaban J connectivity index is 1.84. The molecule has 4 atom stereocenters. The first-order valence-electron chi connectivity index (χ1n) is 9.57. The summed E-state index contributed by atoms with van der Waals surface area (Å²) in [6.07, 6.45) is 1.60. The molecule has 0 saturated heterocycles. The fraction of sp³-hybridized carbons (Fsp3) is 0.364. The van der Waals surface area contributed by atoms with Crippen LogP contribution in [0.1, 0.15) is 50.6 Å². The highest BCUT2D eigenvalue weighted by atomic mass is 16.5. The number of aliphatic hydroxyl groups is 1. The fourth-order valence-electron chi connectivity index (χ4n) is 4.38. The first-order chi connectivity index (χ1) is 13.5. The van der Waals surface area contributed by atoms with Crippen LogP contribution in [0.2, 0.25) is 0 Å². The molecule has 1 aliphatic heterocycles. The minimum absolute atomic E-state index is 0.0902. The Morgan fingerprint density at radius 2 is 2.00 bits per heavy atom. The molecular formula is C22H24N2O4. The van der Waals surface area contributed by atoms with Crippen LogP contribution in [0, 0.1) is 11.8 Å². The molecule has 1 heterocycles. The minimum atomic E-state index is -0.576. The Morgan fingerprint density at radius 3 is 2.64 bits per heavy atom. The summed E-state index contributed by atoms with van der Waals surface area (Å²) >= 11 is 0. The molecular weight excluding hydrogens is 356 g/mol. The topological polar surface area (TPSA) is 102 Å². The number of primary amides is 1. The molecule has 6 heteroatoms. The smallest absolute Gasteiger partial charge is 0.254 e. The highest BCUT2D eigenvalue weighted by molar-refractivity contribution is 6.02. The van der Waals surface area contributed by atoms with E-state index in [9.17, 15) is 14.7 Å². The van der Waals surface area contributed by atoms with Crippen molar-refractivity contribution in [3.8, 4) is 5.75 Å².